The molecule has 0 aliphatic carbocycles. The van der Waals surface area contributed by atoms with Gasteiger partial charge in [-0.3, -0.25) is 0 Å². The average molecular weight is 134 g/mol. The van der Waals surface area contributed by atoms with E-state index in [0.717, 1.165) is 19.8 Å². The van der Waals surface area contributed by atoms with Gasteiger partial charge in [-0.1, -0.05) is 0 Å². The van der Waals surface area contributed by atoms with Crippen molar-refractivity contribution in [2.75, 3.05) is 19.8 Å². The van der Waals surface area contributed by atoms with E-state index in [1.54, 1.807) is 0 Å². The summed E-state index contributed by atoms with van der Waals surface area (Å²) < 4.78 is 5.12. The van der Waals surface area contributed by atoms with Crippen molar-refractivity contribution in [1.29, 1.82) is 0 Å². The van der Waals surface area contributed by atoms with Gasteiger partial charge in [-0.25, -0.2) is 0 Å². The molecular weight excluding hydrogens is 122 g/mol. The molecule has 1 aliphatic rings. The molecule has 1 saturated heterocycles. The molecule has 0 aromatic heterocycles. The van der Waals surface area contributed by atoms with Gasteiger partial charge in [0.25, 0.3) is 0 Å². The van der Waals surface area contributed by atoms with Gasteiger partial charge in [-0.05, 0) is 6.92 Å². The Morgan fingerprint density at radius 2 is 2.38 bits per heavy atom. The molecule has 1 unspecified atom stereocenters. The summed E-state index contributed by atoms with van der Waals surface area (Å²) in [4.78, 5) is 0. The standard InChI is InChI=1S/C5H11NO.H2S/c1-5-4-7-3-2-6-5;/h5-6H,2-4H2,1H3;1H2/p-1. The first-order valence-corrected chi connectivity index (χ1v) is 2.71. The summed E-state index contributed by atoms with van der Waals surface area (Å²) in [7, 11) is 0. The first kappa shape index (κ1) is 8.27. The molecule has 1 atom stereocenters. The maximum Gasteiger partial charge on any atom is 0.0617 e. The smallest absolute Gasteiger partial charge is 0.0617 e. The van der Waals surface area contributed by atoms with Gasteiger partial charge in [-0.15, -0.1) is 0 Å². The van der Waals surface area contributed by atoms with Gasteiger partial charge in [0.15, 0.2) is 0 Å². The fraction of sp³-hybridized carbons (Fsp3) is 1.00. The summed E-state index contributed by atoms with van der Waals surface area (Å²) >= 11 is 0. The first-order chi connectivity index (χ1) is 3.39. The second-order valence-electron chi connectivity index (χ2n) is 1.93. The van der Waals surface area contributed by atoms with Crippen molar-refractivity contribution in [1.82, 2.24) is 5.32 Å². The summed E-state index contributed by atoms with van der Waals surface area (Å²) in [5.41, 5.74) is 0. The largest absolute Gasteiger partial charge is 0.813 e. The molecule has 50 valence electrons. The number of hydrogen-bond donors (Lipinski definition) is 1. The normalized spacial score (nSPS) is 28.9. The zero-order valence-corrected chi connectivity index (χ0v) is 5.95. The van der Waals surface area contributed by atoms with E-state index < -0.39 is 0 Å². The molecule has 0 radical (unpaired) electrons. The zero-order valence-electron chi connectivity index (χ0n) is 5.05. The molecule has 8 heavy (non-hydrogen) atoms. The molecule has 0 amide bonds. The summed E-state index contributed by atoms with van der Waals surface area (Å²) in [6.07, 6.45) is 0. The highest BCUT2D eigenvalue weighted by molar-refractivity contribution is 7.37. The third-order valence-corrected chi connectivity index (χ3v) is 1.11. The van der Waals surface area contributed by atoms with E-state index in [-0.39, 0.29) is 13.5 Å². The highest BCUT2D eigenvalue weighted by Crippen LogP contribution is 1.88. The van der Waals surface area contributed by atoms with Crippen LogP contribution >= 0.6 is 0 Å². The van der Waals surface area contributed by atoms with Crippen LogP contribution < -0.4 is 5.32 Å². The SMILES string of the molecule is CC1COCCN1.[SH-]. The van der Waals surface area contributed by atoms with Crippen LogP contribution in [0.4, 0.5) is 0 Å². The average Bonchev–Trinajstić information content (AvgIpc) is 1.69. The molecule has 0 spiro atoms. The van der Waals surface area contributed by atoms with Gasteiger partial charge in [-0.2, -0.15) is 0 Å². The van der Waals surface area contributed by atoms with E-state index in [0.29, 0.717) is 6.04 Å². The molecule has 1 fully saturated rings. The molecule has 1 aliphatic heterocycles. The Bertz CT molecular complexity index is 54.4. The van der Waals surface area contributed by atoms with Crippen LogP contribution in [0.2, 0.25) is 0 Å². The van der Waals surface area contributed by atoms with Crippen molar-refractivity contribution in [2.24, 2.45) is 0 Å². The molecular formula is C5H12NOS-. The zero-order chi connectivity index (χ0) is 5.11. The third-order valence-electron chi connectivity index (χ3n) is 1.11. The van der Waals surface area contributed by atoms with Crippen LogP contribution in [-0.2, 0) is 18.2 Å². The van der Waals surface area contributed by atoms with E-state index in [1.165, 1.54) is 0 Å². The van der Waals surface area contributed by atoms with Gasteiger partial charge < -0.3 is 23.5 Å². The molecule has 0 aromatic rings. The van der Waals surface area contributed by atoms with Crippen LogP contribution in [0.1, 0.15) is 6.92 Å². The predicted molar refractivity (Wildman–Crippen MR) is 37.0 cm³/mol. The summed E-state index contributed by atoms with van der Waals surface area (Å²) in [6, 6.07) is 0.564. The number of hydrogen-bond acceptors (Lipinski definition) is 3. The summed E-state index contributed by atoms with van der Waals surface area (Å²) in [5.74, 6) is 0. The molecule has 3 heteroatoms. The number of rotatable bonds is 0. The van der Waals surface area contributed by atoms with E-state index in [4.69, 9.17) is 4.74 Å². The van der Waals surface area contributed by atoms with Crippen molar-refractivity contribution in [3.05, 3.63) is 0 Å². The second-order valence-corrected chi connectivity index (χ2v) is 1.93. The fourth-order valence-corrected chi connectivity index (χ4v) is 0.697. The van der Waals surface area contributed by atoms with Crippen molar-refractivity contribution in [3.8, 4) is 0 Å². The lowest BCUT2D eigenvalue weighted by molar-refractivity contribution is 0.0824. The highest BCUT2D eigenvalue weighted by atomic mass is 32.1. The predicted octanol–water partition coefficient (Wildman–Crippen LogP) is -0.275. The van der Waals surface area contributed by atoms with Crippen LogP contribution in [0.3, 0.4) is 0 Å². The third kappa shape index (κ3) is 2.55. The van der Waals surface area contributed by atoms with Crippen molar-refractivity contribution in [2.45, 2.75) is 13.0 Å². The fourth-order valence-electron chi connectivity index (χ4n) is 0.697. The van der Waals surface area contributed by atoms with Crippen molar-refractivity contribution >= 4 is 13.5 Å². The monoisotopic (exact) mass is 134 g/mol. The molecule has 1 N–H and O–H groups in total. The van der Waals surface area contributed by atoms with Gasteiger partial charge in [0.05, 0.1) is 13.2 Å². The topological polar surface area (TPSA) is 21.3 Å². The van der Waals surface area contributed by atoms with Crippen LogP contribution in [0.25, 0.3) is 0 Å². The highest BCUT2D eigenvalue weighted by Gasteiger charge is 2.04. The summed E-state index contributed by atoms with van der Waals surface area (Å²) in [6.45, 7) is 4.89. The maximum absolute atomic E-state index is 5.12. The van der Waals surface area contributed by atoms with Crippen LogP contribution in [0, 0.1) is 0 Å². The molecule has 2 nitrogen and oxygen atoms in total. The lowest BCUT2D eigenvalue weighted by Crippen LogP contribution is -2.38. The van der Waals surface area contributed by atoms with Crippen LogP contribution in [-0.4, -0.2) is 25.8 Å². The quantitative estimate of drug-likeness (QED) is 0.364. The Labute approximate surface area is 57.0 Å². The van der Waals surface area contributed by atoms with E-state index in [9.17, 15) is 0 Å². The molecule has 0 saturated carbocycles. The lowest BCUT2D eigenvalue weighted by Gasteiger charge is -2.19. The Morgan fingerprint density at radius 1 is 1.62 bits per heavy atom. The Hall–Kier alpha value is 0.270. The maximum atomic E-state index is 5.12. The van der Waals surface area contributed by atoms with Crippen molar-refractivity contribution in [3.63, 3.8) is 0 Å². The Morgan fingerprint density at radius 3 is 2.62 bits per heavy atom. The lowest BCUT2D eigenvalue weighted by atomic mass is 10.3. The minimum Gasteiger partial charge on any atom is -0.813 e. The minimum absolute atomic E-state index is 0. The Balaban J connectivity index is 0.000000490. The number of morpholine rings is 1. The second kappa shape index (κ2) is 4.18. The van der Waals surface area contributed by atoms with Gasteiger partial charge in [0, 0.05) is 12.6 Å². The van der Waals surface area contributed by atoms with Gasteiger partial charge >= 0.3 is 0 Å². The minimum atomic E-state index is 0. The molecule has 0 aromatic carbocycles. The molecule has 1 heterocycles. The number of ether oxygens (including phenoxy) is 1. The van der Waals surface area contributed by atoms with E-state index >= 15 is 0 Å². The van der Waals surface area contributed by atoms with E-state index in [1.807, 2.05) is 0 Å². The summed E-state index contributed by atoms with van der Waals surface area (Å²) in [5, 5.41) is 3.26. The van der Waals surface area contributed by atoms with Crippen molar-refractivity contribution < 1.29 is 4.74 Å². The van der Waals surface area contributed by atoms with E-state index in [2.05, 4.69) is 12.2 Å². The number of thiol groups is 1. The van der Waals surface area contributed by atoms with Crippen LogP contribution in [0.15, 0.2) is 0 Å². The first-order valence-electron chi connectivity index (χ1n) is 2.71. The van der Waals surface area contributed by atoms with Crippen LogP contribution in [0.5, 0.6) is 0 Å². The van der Waals surface area contributed by atoms with Gasteiger partial charge in [0.2, 0.25) is 0 Å². The van der Waals surface area contributed by atoms with Gasteiger partial charge in [0.1, 0.15) is 0 Å². The molecule has 1 rings (SSSR count). The Kier molecular flexibility index (Phi) is 4.32. The number of nitrogens with one attached hydrogen (secondary N) is 1. The molecule has 0 bridgehead atoms.